The maximum atomic E-state index is 11.8. The molecule has 0 aliphatic heterocycles. The lowest BCUT2D eigenvalue weighted by Crippen LogP contribution is -2.32. The first-order valence-corrected chi connectivity index (χ1v) is 8.24. The number of hydrogen-bond donors (Lipinski definition) is 3. The smallest absolute Gasteiger partial charge is 0.328 e. The second-order valence-electron chi connectivity index (χ2n) is 3.59. The van der Waals surface area contributed by atoms with Crippen molar-refractivity contribution in [1.82, 2.24) is 0 Å². The van der Waals surface area contributed by atoms with Crippen LogP contribution in [0.4, 0.5) is 39.5 Å². The van der Waals surface area contributed by atoms with Crippen molar-refractivity contribution in [3.8, 4) is 0 Å². The molecule has 3 N–H and O–H groups in total. The van der Waals surface area contributed by atoms with Crippen molar-refractivity contribution in [3.05, 3.63) is 0 Å². The predicted octanol–water partition coefficient (Wildman–Crippen LogP) is 3.09. The lowest BCUT2D eigenvalue weighted by Gasteiger charge is -2.19. The minimum Gasteiger partial charge on any atom is -0.328 e. The van der Waals surface area contributed by atoms with Gasteiger partial charge in [-0.2, -0.15) is 39.5 Å². The third-order valence-corrected chi connectivity index (χ3v) is 4.68. The molecule has 14 heteroatoms. The van der Waals surface area contributed by atoms with E-state index in [9.17, 15) is 39.5 Å². The Labute approximate surface area is 109 Å². The molecule has 0 bridgehead atoms. The molecule has 20 heavy (non-hydrogen) atoms. The first-order valence-electron chi connectivity index (χ1n) is 4.59. The van der Waals surface area contributed by atoms with Gasteiger partial charge in [0.05, 0.1) is 8.80 Å². The molecule has 0 amide bonds. The summed E-state index contributed by atoms with van der Waals surface area (Å²) in [7, 11) is -6.60. The molecule has 0 aromatic heterocycles. The summed E-state index contributed by atoms with van der Waals surface area (Å²) in [5.74, 6) is 0. The molecule has 0 spiro atoms. The van der Waals surface area contributed by atoms with Crippen LogP contribution in [0.3, 0.4) is 0 Å². The summed E-state index contributed by atoms with van der Waals surface area (Å²) >= 11 is 0. The van der Waals surface area contributed by atoms with Crippen LogP contribution in [0.5, 0.6) is 0 Å². The highest BCUT2D eigenvalue weighted by Gasteiger charge is 2.44. The number of hydrogen-bond acceptors (Lipinski definition) is 3. The van der Waals surface area contributed by atoms with E-state index in [-0.39, 0.29) is 0 Å². The molecule has 0 saturated carbocycles. The quantitative estimate of drug-likeness (QED) is 0.412. The molecule has 0 unspecified atom stereocenters. The molecule has 0 fully saturated rings. The van der Waals surface area contributed by atoms with E-state index in [4.69, 9.17) is 14.7 Å². The fraction of sp³-hybridized carbons (Fsp3) is 1.00. The van der Waals surface area contributed by atoms with Gasteiger partial charge in [0.25, 0.3) is 0 Å². The Morgan fingerprint density at radius 2 is 0.750 bits per heavy atom. The van der Waals surface area contributed by atoms with E-state index in [2.05, 4.69) is 0 Å². The third kappa shape index (κ3) is 23.0. The molecule has 124 valence electrons. The van der Waals surface area contributed by atoms with Gasteiger partial charge in [-0.05, 0) is 0 Å². The van der Waals surface area contributed by atoms with Gasteiger partial charge in [-0.15, -0.1) is 0 Å². The molecule has 0 radical (unpaired) electrons. The van der Waals surface area contributed by atoms with Crippen molar-refractivity contribution >= 4 is 17.4 Å². The summed E-state index contributed by atoms with van der Waals surface area (Å²) in [6.45, 7) is 0. The minimum atomic E-state index is -4.98. The second-order valence-corrected chi connectivity index (χ2v) is 7.09. The van der Waals surface area contributed by atoms with Crippen LogP contribution >= 0.6 is 8.60 Å². The second kappa shape index (κ2) is 8.37. The number of halogens is 9. The monoisotopic (exact) mass is 360 g/mol. The maximum absolute atomic E-state index is 11.8. The van der Waals surface area contributed by atoms with E-state index in [0.717, 1.165) is 0 Å². The van der Waals surface area contributed by atoms with E-state index >= 15 is 0 Å². The molecule has 0 atom stereocenters. The largest absolute Gasteiger partial charge is 0.386 e. The van der Waals surface area contributed by atoms with Gasteiger partial charge in [0.1, 0.15) is 0 Å². The standard InChI is InChI=1S/C6H7F9Si.H3O3P/c7-4(8,9)1-16(2-5(10,11)12)3-6(13,14)15;1-4(2)3/h16H,1-3H2;1-3H. The molecular weight excluding hydrogens is 350 g/mol. The molecule has 0 aromatic carbocycles. The Bertz CT molecular complexity index is 223. The van der Waals surface area contributed by atoms with Crippen LogP contribution in [0.1, 0.15) is 0 Å². The van der Waals surface area contributed by atoms with E-state index in [0.29, 0.717) is 0 Å². The van der Waals surface area contributed by atoms with Crippen molar-refractivity contribution in [2.45, 2.75) is 36.7 Å². The summed E-state index contributed by atoms with van der Waals surface area (Å²) in [5.41, 5.74) is 0. The van der Waals surface area contributed by atoms with Crippen LogP contribution in [0, 0.1) is 0 Å². The normalized spacial score (nSPS) is 13.5. The fourth-order valence-corrected chi connectivity index (χ4v) is 3.60. The van der Waals surface area contributed by atoms with Crippen molar-refractivity contribution in [2.24, 2.45) is 0 Å². The fourth-order valence-electron chi connectivity index (χ4n) is 1.20. The van der Waals surface area contributed by atoms with Crippen molar-refractivity contribution in [1.29, 1.82) is 0 Å². The van der Waals surface area contributed by atoms with Gasteiger partial charge in [-0.1, -0.05) is 0 Å². The average Bonchev–Trinajstić information content (AvgIpc) is 1.88. The molecule has 3 nitrogen and oxygen atoms in total. The van der Waals surface area contributed by atoms with Gasteiger partial charge in [-0.3, -0.25) is 0 Å². The Morgan fingerprint density at radius 1 is 0.600 bits per heavy atom. The molecule has 0 aliphatic carbocycles. The zero-order valence-corrected chi connectivity index (χ0v) is 11.4. The highest BCUT2D eigenvalue weighted by molar-refractivity contribution is 7.38. The lowest BCUT2D eigenvalue weighted by atomic mass is 10.7. The molecule has 0 saturated heterocycles. The minimum absolute atomic E-state index is 1.95. The summed E-state index contributed by atoms with van der Waals surface area (Å²) in [5, 5.41) is 0. The molecule has 0 rings (SSSR count). The Morgan fingerprint density at radius 3 is 0.850 bits per heavy atom. The van der Waals surface area contributed by atoms with Crippen LogP contribution in [0.15, 0.2) is 0 Å². The van der Waals surface area contributed by atoms with Crippen LogP contribution in [-0.2, 0) is 0 Å². The topological polar surface area (TPSA) is 60.7 Å². The van der Waals surface area contributed by atoms with E-state index in [1.54, 1.807) is 0 Å². The maximum Gasteiger partial charge on any atom is 0.386 e. The molecule has 0 aliphatic rings. The van der Waals surface area contributed by atoms with Crippen LogP contribution in [0.2, 0.25) is 18.1 Å². The van der Waals surface area contributed by atoms with Crippen molar-refractivity contribution < 1.29 is 54.2 Å². The average molecular weight is 360 g/mol. The highest BCUT2D eigenvalue weighted by Crippen LogP contribution is 2.35. The first kappa shape index (κ1) is 22.2. The van der Waals surface area contributed by atoms with Crippen LogP contribution in [0.25, 0.3) is 0 Å². The Kier molecular flexibility index (Phi) is 9.28. The third-order valence-electron chi connectivity index (χ3n) is 1.56. The zero-order valence-electron chi connectivity index (χ0n) is 9.39. The van der Waals surface area contributed by atoms with E-state index < -0.39 is 54.1 Å². The first-order chi connectivity index (χ1) is 8.52. The Hall–Kier alpha value is -0.103. The number of rotatable bonds is 3. The Balaban J connectivity index is 0. The van der Waals surface area contributed by atoms with Crippen molar-refractivity contribution in [3.63, 3.8) is 0 Å². The van der Waals surface area contributed by atoms with Gasteiger partial charge in [0, 0.05) is 18.1 Å². The molecular formula is C6H10F9O3PSi. The molecule has 0 heterocycles. The van der Waals surface area contributed by atoms with E-state index in [1.807, 2.05) is 0 Å². The van der Waals surface area contributed by atoms with Gasteiger partial charge >= 0.3 is 27.1 Å². The van der Waals surface area contributed by atoms with Crippen LogP contribution < -0.4 is 0 Å². The van der Waals surface area contributed by atoms with Crippen LogP contribution in [-0.4, -0.2) is 42.0 Å². The zero-order chi connectivity index (χ0) is 16.8. The summed E-state index contributed by atoms with van der Waals surface area (Å²) in [6.07, 6.45) is -14.9. The number of alkyl halides is 9. The van der Waals surface area contributed by atoms with Gasteiger partial charge < -0.3 is 14.7 Å². The predicted molar refractivity (Wildman–Crippen MR) is 53.3 cm³/mol. The van der Waals surface area contributed by atoms with Gasteiger partial charge in [0.2, 0.25) is 0 Å². The van der Waals surface area contributed by atoms with Gasteiger partial charge in [0.15, 0.2) is 0 Å². The van der Waals surface area contributed by atoms with Gasteiger partial charge in [-0.25, -0.2) is 0 Å². The SMILES string of the molecule is FC(F)(F)C[SiH](CC(F)(F)F)CC(F)(F)F.OP(O)O. The van der Waals surface area contributed by atoms with E-state index in [1.165, 1.54) is 0 Å². The molecule has 0 aromatic rings. The van der Waals surface area contributed by atoms with Crippen molar-refractivity contribution in [2.75, 3.05) is 0 Å². The summed E-state index contributed by atoms with van der Waals surface area (Å²) < 4.78 is 106. The summed E-state index contributed by atoms with van der Waals surface area (Å²) in [6, 6.07) is -5.86. The summed E-state index contributed by atoms with van der Waals surface area (Å²) in [4.78, 5) is 21.7. The lowest BCUT2D eigenvalue weighted by molar-refractivity contribution is -0.124. The highest BCUT2D eigenvalue weighted by atomic mass is 31.2.